The van der Waals surface area contributed by atoms with Gasteiger partial charge in [-0.25, -0.2) is 17.9 Å². The van der Waals surface area contributed by atoms with Gasteiger partial charge >= 0.3 is 12.1 Å². The van der Waals surface area contributed by atoms with Crippen LogP contribution in [0.3, 0.4) is 0 Å². The highest BCUT2D eigenvalue weighted by molar-refractivity contribution is 7.89. The van der Waals surface area contributed by atoms with Crippen LogP contribution in [0.15, 0.2) is 0 Å². The molecule has 3 N–H and O–H groups in total. The van der Waals surface area contributed by atoms with E-state index in [1.165, 1.54) is 0 Å². The van der Waals surface area contributed by atoms with Crippen LogP contribution in [-0.2, 0) is 19.6 Å². The van der Waals surface area contributed by atoms with Gasteiger partial charge in [0.15, 0.2) is 0 Å². The third-order valence-electron chi connectivity index (χ3n) is 3.89. The molecular weight excluding hydrogens is 341 g/mol. The molecule has 0 radical (unpaired) electrons. The summed E-state index contributed by atoms with van der Waals surface area (Å²) in [5, 5.41) is 10.4. The molecule has 1 atom stereocenters. The molecule has 2 rings (SSSR count). The predicted octanol–water partition coefficient (Wildman–Crippen LogP) is 0.328. The van der Waals surface area contributed by atoms with Crippen molar-refractivity contribution >= 4 is 16.0 Å². The highest BCUT2D eigenvalue weighted by Gasteiger charge is 2.48. The Kier molecular flexibility index (Phi) is 6.81. The molecule has 0 aromatic rings. The van der Waals surface area contributed by atoms with E-state index in [2.05, 4.69) is 10.0 Å². The van der Waals surface area contributed by atoms with Crippen molar-refractivity contribution in [1.29, 1.82) is 0 Å². The number of carboxylic acid groups (broad SMARTS) is 1. The first-order valence-electron chi connectivity index (χ1n) is 7.14. The van der Waals surface area contributed by atoms with E-state index in [-0.39, 0.29) is 11.4 Å². The molecule has 11 heteroatoms. The van der Waals surface area contributed by atoms with E-state index >= 15 is 0 Å². The van der Waals surface area contributed by atoms with Gasteiger partial charge in [-0.2, -0.15) is 13.2 Å². The molecule has 2 aliphatic rings. The van der Waals surface area contributed by atoms with Crippen molar-refractivity contribution in [2.75, 3.05) is 32.0 Å². The summed E-state index contributed by atoms with van der Waals surface area (Å²) >= 11 is 0. The number of ether oxygens (including phenoxy) is 1. The van der Waals surface area contributed by atoms with E-state index in [0.717, 1.165) is 32.5 Å². The lowest BCUT2D eigenvalue weighted by molar-refractivity contribution is -0.192. The van der Waals surface area contributed by atoms with Crippen molar-refractivity contribution in [1.82, 2.24) is 10.0 Å². The Hall–Kier alpha value is -0.910. The van der Waals surface area contributed by atoms with Gasteiger partial charge in [0.25, 0.3) is 0 Å². The number of hydrogen-bond donors (Lipinski definition) is 3. The number of hydrogen-bond acceptors (Lipinski definition) is 5. The normalized spacial score (nSPS) is 23.0. The fraction of sp³-hybridized carbons (Fsp3) is 0.917. The Labute approximate surface area is 132 Å². The van der Waals surface area contributed by atoms with E-state index in [4.69, 9.17) is 14.6 Å². The Morgan fingerprint density at radius 3 is 2.39 bits per heavy atom. The van der Waals surface area contributed by atoms with Crippen LogP contribution in [0.25, 0.3) is 0 Å². The Bertz CT molecular complexity index is 505. The van der Waals surface area contributed by atoms with Crippen molar-refractivity contribution in [3.8, 4) is 0 Å². The van der Waals surface area contributed by atoms with Crippen LogP contribution in [0.4, 0.5) is 13.2 Å². The molecular formula is C12H21F3N2O5S. The molecule has 2 fully saturated rings. The maximum absolute atomic E-state index is 11.3. The summed E-state index contributed by atoms with van der Waals surface area (Å²) in [4.78, 5) is 8.90. The van der Waals surface area contributed by atoms with Crippen LogP contribution in [0.1, 0.15) is 19.8 Å². The SMILES string of the molecule is CCS(=O)(=O)NCCC1CCOC12CNC2.O=C(O)C(F)(F)F. The molecule has 0 saturated carbocycles. The van der Waals surface area contributed by atoms with Gasteiger partial charge in [0.2, 0.25) is 10.0 Å². The predicted molar refractivity (Wildman–Crippen MR) is 75.4 cm³/mol. The molecule has 0 aromatic carbocycles. The maximum Gasteiger partial charge on any atom is 0.490 e. The zero-order valence-electron chi connectivity index (χ0n) is 12.6. The molecule has 2 aliphatic heterocycles. The molecule has 23 heavy (non-hydrogen) atoms. The molecule has 0 amide bonds. The highest BCUT2D eigenvalue weighted by atomic mass is 32.2. The van der Waals surface area contributed by atoms with Crippen LogP contribution in [-0.4, -0.2) is 63.3 Å². The number of rotatable bonds is 5. The van der Waals surface area contributed by atoms with Crippen LogP contribution in [0, 0.1) is 5.92 Å². The van der Waals surface area contributed by atoms with Gasteiger partial charge in [-0.15, -0.1) is 0 Å². The van der Waals surface area contributed by atoms with E-state index in [1.54, 1.807) is 6.92 Å². The van der Waals surface area contributed by atoms with Crippen molar-refractivity contribution in [3.05, 3.63) is 0 Å². The van der Waals surface area contributed by atoms with Crippen LogP contribution in [0.5, 0.6) is 0 Å². The van der Waals surface area contributed by atoms with E-state index in [1.807, 2.05) is 0 Å². The third kappa shape index (κ3) is 5.90. The molecule has 136 valence electrons. The lowest BCUT2D eigenvalue weighted by Gasteiger charge is -2.43. The average Bonchev–Trinajstić information content (AvgIpc) is 2.82. The molecule has 0 bridgehead atoms. The highest BCUT2D eigenvalue weighted by Crippen LogP contribution is 2.37. The lowest BCUT2D eigenvalue weighted by Crippen LogP contribution is -2.62. The summed E-state index contributed by atoms with van der Waals surface area (Å²) in [7, 11) is -3.04. The minimum atomic E-state index is -5.08. The minimum Gasteiger partial charge on any atom is -0.475 e. The van der Waals surface area contributed by atoms with Crippen LogP contribution in [0.2, 0.25) is 0 Å². The van der Waals surface area contributed by atoms with E-state index in [9.17, 15) is 21.6 Å². The smallest absolute Gasteiger partial charge is 0.475 e. The van der Waals surface area contributed by atoms with Gasteiger partial charge in [0.05, 0.1) is 11.4 Å². The van der Waals surface area contributed by atoms with Crippen molar-refractivity contribution in [2.45, 2.75) is 31.5 Å². The number of sulfonamides is 1. The second-order valence-electron chi connectivity index (χ2n) is 5.39. The number of halogens is 3. The van der Waals surface area contributed by atoms with Crippen LogP contribution < -0.4 is 10.0 Å². The molecule has 2 heterocycles. The summed E-state index contributed by atoms with van der Waals surface area (Å²) in [5.74, 6) is -2.11. The number of nitrogens with one attached hydrogen (secondary N) is 2. The minimum absolute atomic E-state index is 0.0116. The van der Waals surface area contributed by atoms with Crippen molar-refractivity contribution in [2.24, 2.45) is 5.92 Å². The van der Waals surface area contributed by atoms with Gasteiger partial charge in [0.1, 0.15) is 0 Å². The Morgan fingerprint density at radius 1 is 1.43 bits per heavy atom. The topological polar surface area (TPSA) is 105 Å². The van der Waals surface area contributed by atoms with Crippen molar-refractivity contribution in [3.63, 3.8) is 0 Å². The molecule has 0 aliphatic carbocycles. The average molecular weight is 362 g/mol. The van der Waals surface area contributed by atoms with Gasteiger partial charge in [-0.1, -0.05) is 0 Å². The van der Waals surface area contributed by atoms with Gasteiger partial charge in [0, 0.05) is 26.2 Å². The molecule has 1 spiro atoms. The van der Waals surface area contributed by atoms with Gasteiger partial charge in [-0.05, 0) is 25.7 Å². The summed E-state index contributed by atoms with van der Waals surface area (Å²) in [6, 6.07) is 0. The number of aliphatic carboxylic acids is 1. The fourth-order valence-electron chi connectivity index (χ4n) is 2.45. The summed E-state index contributed by atoms with van der Waals surface area (Å²) in [6.07, 6.45) is -3.16. The third-order valence-corrected chi connectivity index (χ3v) is 5.29. The van der Waals surface area contributed by atoms with Crippen molar-refractivity contribution < 1.29 is 36.2 Å². The second-order valence-corrected chi connectivity index (χ2v) is 7.49. The van der Waals surface area contributed by atoms with Crippen LogP contribution >= 0.6 is 0 Å². The number of carbonyl (C=O) groups is 1. The molecule has 1 unspecified atom stereocenters. The first-order chi connectivity index (χ1) is 10.5. The summed E-state index contributed by atoms with van der Waals surface area (Å²) < 4.78 is 62.6. The van der Waals surface area contributed by atoms with E-state index < -0.39 is 22.2 Å². The van der Waals surface area contributed by atoms with Gasteiger partial charge in [-0.3, -0.25) is 0 Å². The Balaban J connectivity index is 0.000000322. The first kappa shape index (κ1) is 20.1. The lowest BCUT2D eigenvalue weighted by atomic mass is 9.80. The number of alkyl halides is 3. The largest absolute Gasteiger partial charge is 0.490 e. The summed E-state index contributed by atoms with van der Waals surface area (Å²) in [6.45, 7) is 4.83. The monoisotopic (exact) mass is 362 g/mol. The number of carboxylic acids is 1. The molecule has 2 saturated heterocycles. The standard InChI is InChI=1S/C10H20N2O3S.C2HF3O2/c1-2-16(13,14)12-5-3-9-4-6-15-10(9)7-11-8-10;3-2(4,5)1(6)7/h9,11-12H,2-8H2,1H3;(H,6,7). The zero-order valence-corrected chi connectivity index (χ0v) is 13.5. The molecule has 7 nitrogen and oxygen atoms in total. The molecule has 0 aromatic heterocycles. The quantitative estimate of drug-likeness (QED) is 0.651. The first-order valence-corrected chi connectivity index (χ1v) is 8.80. The second kappa shape index (κ2) is 7.77. The zero-order chi connectivity index (χ0) is 17.7. The maximum atomic E-state index is 11.3. The van der Waals surface area contributed by atoms with E-state index in [0.29, 0.717) is 12.5 Å². The van der Waals surface area contributed by atoms with Gasteiger partial charge < -0.3 is 15.2 Å². The fourth-order valence-corrected chi connectivity index (χ4v) is 3.08. The Morgan fingerprint density at radius 2 is 2.00 bits per heavy atom. The summed E-state index contributed by atoms with van der Waals surface area (Å²) in [5.41, 5.74) is 0.0116.